The fraction of sp³-hybridized carbons (Fsp3) is 0.684. The Morgan fingerprint density at radius 1 is 1.05 bits per heavy atom. The van der Waals surface area contributed by atoms with E-state index in [1.165, 1.54) is 76.4 Å². The molecule has 1 aliphatic rings. The molecule has 1 atom stereocenters. The Bertz CT molecular complexity index is 346. The zero-order valence-electron chi connectivity index (χ0n) is 13.2. The third-order valence-corrected chi connectivity index (χ3v) is 4.64. The summed E-state index contributed by atoms with van der Waals surface area (Å²) in [5.74, 6) is 0. The molecule has 0 spiro atoms. The SMILES string of the molecule is CCCCN1CCCCC1CCCCc1ccccc1. The van der Waals surface area contributed by atoms with Crippen LogP contribution >= 0.6 is 0 Å². The molecule has 20 heavy (non-hydrogen) atoms. The van der Waals surface area contributed by atoms with Crippen molar-refractivity contribution in [3.05, 3.63) is 35.9 Å². The number of aryl methyl sites for hydroxylation is 1. The minimum absolute atomic E-state index is 0.881. The van der Waals surface area contributed by atoms with Crippen molar-refractivity contribution >= 4 is 0 Å². The second-order valence-electron chi connectivity index (χ2n) is 6.27. The lowest BCUT2D eigenvalue weighted by molar-refractivity contribution is 0.136. The maximum Gasteiger partial charge on any atom is 0.00952 e. The van der Waals surface area contributed by atoms with Crippen LogP contribution in [0.2, 0.25) is 0 Å². The summed E-state index contributed by atoms with van der Waals surface area (Å²) in [5, 5.41) is 0. The number of benzene rings is 1. The molecule has 1 saturated heterocycles. The molecule has 1 heterocycles. The first-order valence-corrected chi connectivity index (χ1v) is 8.68. The molecule has 0 aliphatic carbocycles. The molecule has 0 N–H and O–H groups in total. The third-order valence-electron chi connectivity index (χ3n) is 4.64. The van der Waals surface area contributed by atoms with Gasteiger partial charge in [-0.15, -0.1) is 0 Å². The summed E-state index contributed by atoms with van der Waals surface area (Å²) in [6.45, 7) is 4.99. The van der Waals surface area contributed by atoms with E-state index >= 15 is 0 Å². The smallest absolute Gasteiger partial charge is 0.00952 e. The van der Waals surface area contributed by atoms with Crippen molar-refractivity contribution in [2.24, 2.45) is 0 Å². The first-order chi connectivity index (χ1) is 9.90. The van der Waals surface area contributed by atoms with Gasteiger partial charge in [-0.1, -0.05) is 56.5 Å². The van der Waals surface area contributed by atoms with Gasteiger partial charge in [-0.05, 0) is 57.2 Å². The average Bonchev–Trinajstić information content (AvgIpc) is 2.51. The molecule has 0 aromatic heterocycles. The van der Waals surface area contributed by atoms with Crippen molar-refractivity contribution in [2.45, 2.75) is 70.8 Å². The predicted molar refractivity (Wildman–Crippen MR) is 88.1 cm³/mol. The maximum absolute atomic E-state index is 2.77. The Hall–Kier alpha value is -0.820. The Kier molecular flexibility index (Phi) is 7.14. The molecule has 1 aromatic carbocycles. The maximum atomic E-state index is 2.77. The van der Waals surface area contributed by atoms with Gasteiger partial charge in [0.1, 0.15) is 0 Å². The van der Waals surface area contributed by atoms with Crippen LogP contribution in [-0.4, -0.2) is 24.0 Å². The van der Waals surface area contributed by atoms with Gasteiger partial charge in [0.25, 0.3) is 0 Å². The molecule has 0 radical (unpaired) electrons. The van der Waals surface area contributed by atoms with Crippen LogP contribution in [-0.2, 0) is 6.42 Å². The molecule has 0 amide bonds. The normalized spacial score (nSPS) is 20.1. The summed E-state index contributed by atoms with van der Waals surface area (Å²) in [6.07, 6.45) is 12.4. The van der Waals surface area contributed by atoms with Crippen molar-refractivity contribution < 1.29 is 0 Å². The van der Waals surface area contributed by atoms with E-state index in [1.54, 1.807) is 0 Å². The lowest BCUT2D eigenvalue weighted by Gasteiger charge is -2.36. The van der Waals surface area contributed by atoms with Gasteiger partial charge >= 0.3 is 0 Å². The Balaban J connectivity index is 1.66. The molecule has 1 nitrogen and oxygen atoms in total. The molecule has 2 rings (SSSR count). The van der Waals surface area contributed by atoms with E-state index < -0.39 is 0 Å². The van der Waals surface area contributed by atoms with Crippen molar-refractivity contribution in [3.8, 4) is 0 Å². The van der Waals surface area contributed by atoms with E-state index in [2.05, 4.69) is 42.2 Å². The minimum atomic E-state index is 0.881. The molecule has 1 aliphatic heterocycles. The van der Waals surface area contributed by atoms with Gasteiger partial charge in [0, 0.05) is 6.04 Å². The Morgan fingerprint density at radius 3 is 2.70 bits per heavy atom. The standard InChI is InChI=1S/C19H31N/c1-2-3-16-20-17-10-9-15-19(20)14-8-7-13-18-11-5-4-6-12-18/h4-6,11-12,19H,2-3,7-10,13-17H2,1H3. The molecular formula is C19H31N. The van der Waals surface area contributed by atoms with Crippen molar-refractivity contribution in [1.82, 2.24) is 4.90 Å². The summed E-state index contributed by atoms with van der Waals surface area (Å²) in [6, 6.07) is 11.8. The van der Waals surface area contributed by atoms with E-state index in [1.807, 2.05) is 0 Å². The summed E-state index contributed by atoms with van der Waals surface area (Å²) < 4.78 is 0. The molecule has 0 bridgehead atoms. The van der Waals surface area contributed by atoms with Gasteiger partial charge in [0.05, 0.1) is 0 Å². The lowest BCUT2D eigenvalue weighted by atomic mass is 9.96. The molecule has 112 valence electrons. The second kappa shape index (κ2) is 9.18. The van der Waals surface area contributed by atoms with E-state index in [0.29, 0.717) is 0 Å². The van der Waals surface area contributed by atoms with Crippen LogP contribution in [0.3, 0.4) is 0 Å². The molecule has 1 aromatic rings. The van der Waals surface area contributed by atoms with Gasteiger partial charge in [-0.2, -0.15) is 0 Å². The summed E-state index contributed by atoms with van der Waals surface area (Å²) in [4.78, 5) is 2.77. The molecule has 1 fully saturated rings. The first kappa shape index (κ1) is 15.6. The Morgan fingerprint density at radius 2 is 1.90 bits per heavy atom. The van der Waals surface area contributed by atoms with E-state index in [9.17, 15) is 0 Å². The van der Waals surface area contributed by atoms with Gasteiger partial charge < -0.3 is 4.90 Å². The largest absolute Gasteiger partial charge is 0.300 e. The zero-order valence-corrected chi connectivity index (χ0v) is 13.2. The highest BCUT2D eigenvalue weighted by atomic mass is 15.2. The quantitative estimate of drug-likeness (QED) is 0.599. The van der Waals surface area contributed by atoms with Gasteiger partial charge in [0.2, 0.25) is 0 Å². The number of rotatable bonds is 8. The minimum Gasteiger partial charge on any atom is -0.300 e. The van der Waals surface area contributed by atoms with Gasteiger partial charge in [-0.3, -0.25) is 0 Å². The fourth-order valence-electron chi connectivity index (χ4n) is 3.40. The van der Waals surface area contributed by atoms with Crippen LogP contribution in [0.25, 0.3) is 0 Å². The van der Waals surface area contributed by atoms with Crippen LogP contribution in [0.1, 0.15) is 63.9 Å². The van der Waals surface area contributed by atoms with E-state index in [4.69, 9.17) is 0 Å². The predicted octanol–water partition coefficient (Wildman–Crippen LogP) is 5.05. The lowest BCUT2D eigenvalue weighted by Crippen LogP contribution is -2.40. The molecule has 1 unspecified atom stereocenters. The third kappa shape index (κ3) is 5.28. The van der Waals surface area contributed by atoms with Crippen molar-refractivity contribution in [3.63, 3.8) is 0 Å². The average molecular weight is 273 g/mol. The van der Waals surface area contributed by atoms with Crippen molar-refractivity contribution in [1.29, 1.82) is 0 Å². The fourth-order valence-corrected chi connectivity index (χ4v) is 3.40. The van der Waals surface area contributed by atoms with Crippen LogP contribution < -0.4 is 0 Å². The number of hydrogen-bond acceptors (Lipinski definition) is 1. The zero-order chi connectivity index (χ0) is 14.0. The number of hydrogen-bond donors (Lipinski definition) is 0. The second-order valence-corrected chi connectivity index (χ2v) is 6.27. The summed E-state index contributed by atoms with van der Waals surface area (Å²) >= 11 is 0. The molecule has 0 saturated carbocycles. The highest BCUT2D eigenvalue weighted by Gasteiger charge is 2.20. The highest BCUT2D eigenvalue weighted by Crippen LogP contribution is 2.22. The van der Waals surface area contributed by atoms with E-state index in [0.717, 1.165) is 6.04 Å². The summed E-state index contributed by atoms with van der Waals surface area (Å²) in [7, 11) is 0. The topological polar surface area (TPSA) is 3.24 Å². The number of piperidine rings is 1. The van der Waals surface area contributed by atoms with Crippen LogP contribution in [0.5, 0.6) is 0 Å². The number of nitrogens with zero attached hydrogens (tertiary/aromatic N) is 1. The first-order valence-electron chi connectivity index (χ1n) is 8.68. The Labute approximate surface area is 125 Å². The number of likely N-dealkylation sites (tertiary alicyclic amines) is 1. The van der Waals surface area contributed by atoms with Gasteiger partial charge in [0.15, 0.2) is 0 Å². The van der Waals surface area contributed by atoms with Gasteiger partial charge in [-0.25, -0.2) is 0 Å². The van der Waals surface area contributed by atoms with Crippen LogP contribution in [0.4, 0.5) is 0 Å². The number of unbranched alkanes of at least 4 members (excludes halogenated alkanes) is 2. The van der Waals surface area contributed by atoms with Crippen LogP contribution in [0, 0.1) is 0 Å². The highest BCUT2D eigenvalue weighted by molar-refractivity contribution is 5.14. The van der Waals surface area contributed by atoms with E-state index in [-0.39, 0.29) is 0 Å². The molecular weight excluding hydrogens is 242 g/mol. The summed E-state index contributed by atoms with van der Waals surface area (Å²) in [5.41, 5.74) is 1.50. The monoisotopic (exact) mass is 273 g/mol. The van der Waals surface area contributed by atoms with Crippen LogP contribution in [0.15, 0.2) is 30.3 Å². The molecule has 1 heteroatoms. The van der Waals surface area contributed by atoms with Crippen molar-refractivity contribution in [2.75, 3.05) is 13.1 Å².